The van der Waals surface area contributed by atoms with Crippen molar-refractivity contribution >= 4 is 28.8 Å². The van der Waals surface area contributed by atoms with Gasteiger partial charge < -0.3 is 5.32 Å². The van der Waals surface area contributed by atoms with Gasteiger partial charge in [0.15, 0.2) is 0 Å². The first-order valence-electron chi connectivity index (χ1n) is 5.53. The quantitative estimate of drug-likeness (QED) is 0.875. The van der Waals surface area contributed by atoms with Gasteiger partial charge in [-0.25, -0.2) is 4.98 Å². The molecule has 1 aromatic carbocycles. The summed E-state index contributed by atoms with van der Waals surface area (Å²) in [6, 6.07) is 7.84. The van der Waals surface area contributed by atoms with Crippen LogP contribution in [0.25, 0.3) is 0 Å². The molecule has 18 heavy (non-hydrogen) atoms. The molecular weight excluding hydrogens is 268 g/mol. The van der Waals surface area contributed by atoms with E-state index in [-0.39, 0.29) is 5.91 Å². The number of carbonyl (C=O) groups excluding carboxylic acids is 1. The fraction of sp³-hybridized carbons (Fsp3) is 0.231. The summed E-state index contributed by atoms with van der Waals surface area (Å²) in [5, 5.41) is 5.50. The third-order valence-electron chi connectivity index (χ3n) is 2.45. The van der Waals surface area contributed by atoms with Gasteiger partial charge >= 0.3 is 0 Å². The SMILES string of the molecule is Cc1nc(C(=O)NCc2cccc(CCl)c2)cs1. The molecule has 5 heteroatoms. The lowest BCUT2D eigenvalue weighted by Crippen LogP contribution is -2.23. The van der Waals surface area contributed by atoms with E-state index in [2.05, 4.69) is 10.3 Å². The molecule has 0 saturated carbocycles. The Labute approximate surface area is 115 Å². The van der Waals surface area contributed by atoms with Crippen LogP contribution in [-0.4, -0.2) is 10.9 Å². The Hall–Kier alpha value is -1.39. The standard InChI is InChI=1S/C13H13ClN2OS/c1-9-16-12(8-18-9)13(17)15-7-11-4-2-3-10(5-11)6-14/h2-5,8H,6-7H2,1H3,(H,15,17). The maximum Gasteiger partial charge on any atom is 0.271 e. The molecule has 2 aromatic rings. The van der Waals surface area contributed by atoms with Crippen LogP contribution in [0.4, 0.5) is 0 Å². The zero-order valence-electron chi connectivity index (χ0n) is 9.94. The van der Waals surface area contributed by atoms with Gasteiger partial charge in [0.2, 0.25) is 0 Å². The Morgan fingerprint density at radius 3 is 2.89 bits per heavy atom. The van der Waals surface area contributed by atoms with E-state index in [1.54, 1.807) is 5.38 Å². The third kappa shape index (κ3) is 3.31. The number of hydrogen-bond acceptors (Lipinski definition) is 3. The van der Waals surface area contributed by atoms with Crippen LogP contribution in [0.5, 0.6) is 0 Å². The number of aryl methyl sites for hydroxylation is 1. The molecule has 0 unspecified atom stereocenters. The number of carbonyl (C=O) groups is 1. The summed E-state index contributed by atoms with van der Waals surface area (Å²) in [5.41, 5.74) is 2.56. The lowest BCUT2D eigenvalue weighted by atomic mass is 10.1. The van der Waals surface area contributed by atoms with Crippen molar-refractivity contribution in [2.45, 2.75) is 19.3 Å². The Bertz CT molecular complexity index is 553. The minimum Gasteiger partial charge on any atom is -0.347 e. The molecule has 0 atom stereocenters. The summed E-state index contributed by atoms with van der Waals surface area (Å²) in [6.45, 7) is 2.37. The van der Waals surface area contributed by atoms with Crippen LogP contribution in [0, 0.1) is 6.92 Å². The highest BCUT2D eigenvalue weighted by atomic mass is 35.5. The van der Waals surface area contributed by atoms with Crippen molar-refractivity contribution < 1.29 is 4.79 Å². The molecule has 0 aliphatic rings. The normalized spacial score (nSPS) is 10.3. The second-order valence-corrected chi connectivity index (χ2v) is 5.22. The first kappa shape index (κ1) is 13.1. The summed E-state index contributed by atoms with van der Waals surface area (Å²) in [6.07, 6.45) is 0. The van der Waals surface area contributed by atoms with Gasteiger partial charge in [-0.05, 0) is 18.1 Å². The maximum absolute atomic E-state index is 11.8. The Morgan fingerprint density at radius 1 is 1.44 bits per heavy atom. The van der Waals surface area contributed by atoms with E-state index in [1.165, 1.54) is 11.3 Å². The Kier molecular flexibility index (Phi) is 4.33. The van der Waals surface area contributed by atoms with E-state index < -0.39 is 0 Å². The van der Waals surface area contributed by atoms with Crippen LogP contribution in [-0.2, 0) is 12.4 Å². The van der Waals surface area contributed by atoms with Gasteiger partial charge in [0.05, 0.1) is 5.01 Å². The number of thiazole rings is 1. The van der Waals surface area contributed by atoms with Crippen molar-refractivity contribution in [3.05, 3.63) is 51.5 Å². The van der Waals surface area contributed by atoms with E-state index in [0.717, 1.165) is 16.1 Å². The second kappa shape index (κ2) is 5.98. The highest BCUT2D eigenvalue weighted by Gasteiger charge is 2.08. The van der Waals surface area contributed by atoms with E-state index >= 15 is 0 Å². The molecule has 0 saturated heterocycles. The molecule has 0 aliphatic carbocycles. The van der Waals surface area contributed by atoms with E-state index in [4.69, 9.17) is 11.6 Å². The zero-order valence-corrected chi connectivity index (χ0v) is 11.5. The number of nitrogens with zero attached hydrogens (tertiary/aromatic N) is 1. The number of aromatic nitrogens is 1. The Morgan fingerprint density at radius 2 is 2.22 bits per heavy atom. The van der Waals surface area contributed by atoms with Gasteiger partial charge in [-0.1, -0.05) is 24.3 Å². The maximum atomic E-state index is 11.8. The number of rotatable bonds is 4. The predicted octanol–water partition coefficient (Wildman–Crippen LogP) is 3.12. The van der Waals surface area contributed by atoms with E-state index in [1.807, 2.05) is 31.2 Å². The lowest BCUT2D eigenvalue weighted by molar-refractivity contribution is 0.0946. The molecule has 1 N–H and O–H groups in total. The Balaban J connectivity index is 1.97. The number of halogens is 1. The fourth-order valence-electron chi connectivity index (χ4n) is 1.56. The molecule has 94 valence electrons. The van der Waals surface area contributed by atoms with Crippen molar-refractivity contribution in [2.75, 3.05) is 0 Å². The molecular formula is C13H13ClN2OS. The van der Waals surface area contributed by atoms with Crippen molar-refractivity contribution in [2.24, 2.45) is 0 Å². The summed E-state index contributed by atoms with van der Waals surface area (Å²) >= 11 is 7.24. The largest absolute Gasteiger partial charge is 0.347 e. The molecule has 0 spiro atoms. The molecule has 2 rings (SSSR count). The number of amides is 1. The van der Waals surface area contributed by atoms with E-state index in [0.29, 0.717) is 18.1 Å². The predicted molar refractivity (Wildman–Crippen MR) is 74.0 cm³/mol. The fourth-order valence-corrected chi connectivity index (χ4v) is 2.32. The van der Waals surface area contributed by atoms with Gasteiger partial charge in [0.25, 0.3) is 5.91 Å². The minimum absolute atomic E-state index is 0.143. The average Bonchev–Trinajstić information content (AvgIpc) is 2.83. The van der Waals surface area contributed by atoms with Crippen LogP contribution >= 0.6 is 22.9 Å². The number of alkyl halides is 1. The van der Waals surface area contributed by atoms with Crippen LogP contribution in [0.3, 0.4) is 0 Å². The van der Waals surface area contributed by atoms with Crippen LogP contribution < -0.4 is 5.32 Å². The van der Waals surface area contributed by atoms with Crippen LogP contribution in [0.15, 0.2) is 29.6 Å². The van der Waals surface area contributed by atoms with Crippen molar-refractivity contribution in [1.29, 1.82) is 0 Å². The topological polar surface area (TPSA) is 42.0 Å². The zero-order chi connectivity index (χ0) is 13.0. The van der Waals surface area contributed by atoms with Gasteiger partial charge in [0, 0.05) is 17.8 Å². The monoisotopic (exact) mass is 280 g/mol. The highest BCUT2D eigenvalue weighted by Crippen LogP contribution is 2.09. The van der Waals surface area contributed by atoms with Crippen molar-refractivity contribution in [1.82, 2.24) is 10.3 Å². The van der Waals surface area contributed by atoms with E-state index in [9.17, 15) is 4.79 Å². The molecule has 1 aromatic heterocycles. The minimum atomic E-state index is -0.143. The summed E-state index contributed by atoms with van der Waals surface area (Å²) in [7, 11) is 0. The summed E-state index contributed by atoms with van der Waals surface area (Å²) < 4.78 is 0. The van der Waals surface area contributed by atoms with Gasteiger partial charge in [-0.2, -0.15) is 0 Å². The number of hydrogen-bond donors (Lipinski definition) is 1. The van der Waals surface area contributed by atoms with Gasteiger partial charge in [0.1, 0.15) is 5.69 Å². The highest BCUT2D eigenvalue weighted by molar-refractivity contribution is 7.09. The van der Waals surface area contributed by atoms with Gasteiger partial charge in [-0.15, -0.1) is 22.9 Å². The molecule has 0 bridgehead atoms. The molecule has 0 aliphatic heterocycles. The first-order valence-corrected chi connectivity index (χ1v) is 6.94. The number of nitrogens with one attached hydrogen (secondary N) is 1. The molecule has 3 nitrogen and oxygen atoms in total. The van der Waals surface area contributed by atoms with Gasteiger partial charge in [-0.3, -0.25) is 4.79 Å². The average molecular weight is 281 g/mol. The van der Waals surface area contributed by atoms with Crippen molar-refractivity contribution in [3.8, 4) is 0 Å². The second-order valence-electron chi connectivity index (χ2n) is 3.89. The third-order valence-corrected chi connectivity index (χ3v) is 3.53. The van der Waals surface area contributed by atoms with Crippen LogP contribution in [0.1, 0.15) is 26.6 Å². The summed E-state index contributed by atoms with van der Waals surface area (Å²) in [5.74, 6) is 0.336. The molecule has 0 fully saturated rings. The first-order chi connectivity index (χ1) is 8.69. The molecule has 0 radical (unpaired) electrons. The summed E-state index contributed by atoms with van der Waals surface area (Å²) in [4.78, 5) is 15.9. The molecule has 1 amide bonds. The van der Waals surface area contributed by atoms with Crippen molar-refractivity contribution in [3.63, 3.8) is 0 Å². The number of benzene rings is 1. The smallest absolute Gasteiger partial charge is 0.271 e. The van der Waals surface area contributed by atoms with Crippen LogP contribution in [0.2, 0.25) is 0 Å². The molecule has 1 heterocycles. The lowest BCUT2D eigenvalue weighted by Gasteiger charge is -2.04.